The van der Waals surface area contributed by atoms with Gasteiger partial charge in [-0.05, 0) is 47.5 Å². The summed E-state index contributed by atoms with van der Waals surface area (Å²) in [4.78, 5) is 22.7. The van der Waals surface area contributed by atoms with Gasteiger partial charge in [-0.15, -0.1) is 11.3 Å². The Morgan fingerprint density at radius 3 is 2.30 bits per heavy atom. The molecule has 0 aliphatic rings. The van der Waals surface area contributed by atoms with Crippen molar-refractivity contribution in [1.82, 2.24) is 0 Å². The fraction of sp³-hybridized carbons (Fsp3) is 0. The number of nitro benzene ring substituents is 1. The van der Waals surface area contributed by atoms with Crippen LogP contribution in [0.4, 0.5) is 11.4 Å². The third-order valence-electron chi connectivity index (χ3n) is 3.47. The summed E-state index contributed by atoms with van der Waals surface area (Å²) in [6.07, 6.45) is 0.822. The van der Waals surface area contributed by atoms with Gasteiger partial charge in [-0.1, -0.05) is 6.07 Å². The molecular formula is C17H12N2O3S. The number of nitrogen functional groups attached to an aromatic ring is 1. The highest BCUT2D eigenvalue weighted by molar-refractivity contribution is 7.17. The molecule has 2 N–H and O–H groups in total. The Morgan fingerprint density at radius 1 is 1.00 bits per heavy atom. The highest BCUT2D eigenvalue weighted by Gasteiger charge is 2.10. The Labute approximate surface area is 136 Å². The fourth-order valence-electron chi connectivity index (χ4n) is 2.29. The largest absolute Gasteiger partial charge is 0.398 e. The number of hydrogen-bond donors (Lipinski definition) is 1. The molecule has 5 nitrogen and oxygen atoms in total. The van der Waals surface area contributed by atoms with Gasteiger partial charge in [0.25, 0.3) is 5.69 Å². The first kappa shape index (κ1) is 14.9. The Kier molecular flexibility index (Phi) is 3.91. The van der Waals surface area contributed by atoms with E-state index >= 15 is 0 Å². The van der Waals surface area contributed by atoms with Gasteiger partial charge in [-0.25, -0.2) is 0 Å². The van der Waals surface area contributed by atoms with E-state index in [-0.39, 0.29) is 5.69 Å². The van der Waals surface area contributed by atoms with Gasteiger partial charge >= 0.3 is 0 Å². The van der Waals surface area contributed by atoms with Crippen LogP contribution in [0, 0.1) is 10.1 Å². The predicted molar refractivity (Wildman–Crippen MR) is 91.6 cm³/mol. The lowest BCUT2D eigenvalue weighted by molar-refractivity contribution is -0.384. The second-order valence-corrected chi connectivity index (χ2v) is 6.04. The van der Waals surface area contributed by atoms with Crippen molar-refractivity contribution in [2.75, 3.05) is 5.73 Å². The summed E-state index contributed by atoms with van der Waals surface area (Å²) in [6.45, 7) is 0. The highest BCUT2D eigenvalue weighted by atomic mass is 32.1. The number of nitro groups is 1. The van der Waals surface area contributed by atoms with Crippen LogP contribution in [0.25, 0.3) is 21.6 Å². The molecule has 0 saturated carbocycles. The first-order valence-corrected chi connectivity index (χ1v) is 7.60. The van der Waals surface area contributed by atoms with Crippen LogP contribution < -0.4 is 5.73 Å². The zero-order valence-electron chi connectivity index (χ0n) is 11.9. The number of carbonyl (C=O) groups is 1. The number of nitrogens with two attached hydrogens (primary N) is 1. The highest BCUT2D eigenvalue weighted by Crippen LogP contribution is 2.34. The topological polar surface area (TPSA) is 86.2 Å². The van der Waals surface area contributed by atoms with Gasteiger partial charge in [0.2, 0.25) is 0 Å². The fourth-order valence-corrected chi connectivity index (χ4v) is 3.11. The Hall–Kier alpha value is -2.99. The second-order valence-electron chi connectivity index (χ2n) is 4.93. The van der Waals surface area contributed by atoms with E-state index in [9.17, 15) is 14.9 Å². The summed E-state index contributed by atoms with van der Waals surface area (Å²) in [6, 6.07) is 15.5. The Balaban J connectivity index is 2.03. The van der Waals surface area contributed by atoms with E-state index in [1.165, 1.54) is 23.5 Å². The van der Waals surface area contributed by atoms with E-state index in [0.717, 1.165) is 27.9 Å². The zero-order valence-corrected chi connectivity index (χ0v) is 12.7. The van der Waals surface area contributed by atoms with Crippen molar-refractivity contribution in [3.05, 3.63) is 69.6 Å². The third kappa shape index (κ3) is 2.97. The van der Waals surface area contributed by atoms with E-state index in [4.69, 9.17) is 5.73 Å². The maximum absolute atomic E-state index is 10.8. The number of thiophene rings is 1. The molecule has 114 valence electrons. The Morgan fingerprint density at radius 2 is 1.70 bits per heavy atom. The molecule has 23 heavy (non-hydrogen) atoms. The number of anilines is 1. The number of aldehydes is 1. The van der Waals surface area contributed by atoms with Crippen LogP contribution in [-0.4, -0.2) is 11.2 Å². The lowest BCUT2D eigenvalue weighted by Crippen LogP contribution is -1.92. The van der Waals surface area contributed by atoms with Gasteiger partial charge in [-0.2, -0.15) is 0 Å². The normalized spacial score (nSPS) is 10.4. The number of nitrogens with zero attached hydrogens (tertiary/aromatic N) is 1. The molecule has 6 heteroatoms. The lowest BCUT2D eigenvalue weighted by atomic mass is 10.0. The Bertz CT molecular complexity index is 885. The average Bonchev–Trinajstić information content (AvgIpc) is 3.04. The smallest absolute Gasteiger partial charge is 0.269 e. The lowest BCUT2D eigenvalue weighted by Gasteiger charge is -2.08. The minimum atomic E-state index is -0.434. The van der Waals surface area contributed by atoms with Gasteiger partial charge in [-0.3, -0.25) is 14.9 Å². The molecule has 0 atom stereocenters. The van der Waals surface area contributed by atoms with E-state index in [2.05, 4.69) is 0 Å². The maximum atomic E-state index is 10.8. The maximum Gasteiger partial charge on any atom is 0.269 e. The standard InChI is InChI=1S/C17H12N2O3S/c18-16-7-3-12(17-8-6-14(10-20)23-17)9-15(16)11-1-4-13(5-2-11)19(21)22/h1-10H,18H2. The summed E-state index contributed by atoms with van der Waals surface area (Å²) in [7, 11) is 0. The SMILES string of the molecule is Nc1ccc(-c2ccc(C=O)s2)cc1-c1ccc([N+](=O)[O-])cc1. The van der Waals surface area contributed by atoms with E-state index < -0.39 is 4.92 Å². The molecular weight excluding hydrogens is 312 g/mol. The molecule has 0 amide bonds. The molecule has 0 unspecified atom stereocenters. The molecule has 1 aromatic heterocycles. The summed E-state index contributed by atoms with van der Waals surface area (Å²) in [5.74, 6) is 0. The molecule has 0 saturated heterocycles. The number of hydrogen-bond acceptors (Lipinski definition) is 5. The van der Waals surface area contributed by atoms with Crippen LogP contribution >= 0.6 is 11.3 Å². The van der Waals surface area contributed by atoms with Crippen LogP contribution in [0.3, 0.4) is 0 Å². The van der Waals surface area contributed by atoms with Crippen molar-refractivity contribution in [2.45, 2.75) is 0 Å². The predicted octanol–water partition coefficient (Wildman–Crippen LogP) is 4.39. The van der Waals surface area contributed by atoms with Crippen LogP contribution in [0.2, 0.25) is 0 Å². The van der Waals surface area contributed by atoms with Crippen LogP contribution in [-0.2, 0) is 0 Å². The molecule has 0 spiro atoms. The molecule has 0 aliphatic carbocycles. The van der Waals surface area contributed by atoms with Crippen LogP contribution in [0.1, 0.15) is 9.67 Å². The van der Waals surface area contributed by atoms with Crippen molar-refractivity contribution in [3.63, 3.8) is 0 Å². The number of non-ortho nitro benzene ring substituents is 1. The summed E-state index contributed by atoms with van der Waals surface area (Å²) in [5.41, 5.74) is 9.24. The quantitative estimate of drug-likeness (QED) is 0.334. The molecule has 2 aromatic carbocycles. The van der Waals surface area contributed by atoms with Crippen LogP contribution in [0.5, 0.6) is 0 Å². The molecule has 3 aromatic rings. The van der Waals surface area contributed by atoms with E-state index in [1.54, 1.807) is 24.3 Å². The second kappa shape index (κ2) is 6.02. The number of benzene rings is 2. The van der Waals surface area contributed by atoms with Crippen molar-refractivity contribution < 1.29 is 9.72 Å². The molecule has 0 aliphatic heterocycles. The van der Waals surface area contributed by atoms with Gasteiger partial charge in [0.1, 0.15) is 0 Å². The molecule has 0 bridgehead atoms. The molecule has 3 rings (SSSR count). The number of rotatable bonds is 4. The van der Waals surface area contributed by atoms with Crippen molar-refractivity contribution in [2.24, 2.45) is 0 Å². The summed E-state index contributed by atoms with van der Waals surface area (Å²) >= 11 is 1.40. The zero-order chi connectivity index (χ0) is 16.4. The van der Waals surface area contributed by atoms with E-state index in [1.807, 2.05) is 18.2 Å². The van der Waals surface area contributed by atoms with E-state index in [0.29, 0.717) is 10.6 Å². The van der Waals surface area contributed by atoms with Gasteiger partial charge in [0.15, 0.2) is 6.29 Å². The molecule has 0 fully saturated rings. The van der Waals surface area contributed by atoms with Crippen molar-refractivity contribution >= 4 is 29.0 Å². The monoisotopic (exact) mass is 324 g/mol. The number of carbonyl (C=O) groups excluding carboxylic acids is 1. The minimum absolute atomic E-state index is 0.0392. The van der Waals surface area contributed by atoms with Crippen LogP contribution in [0.15, 0.2) is 54.6 Å². The first-order valence-electron chi connectivity index (χ1n) is 6.78. The first-order chi connectivity index (χ1) is 11.1. The summed E-state index contributed by atoms with van der Waals surface area (Å²) < 4.78 is 0. The van der Waals surface area contributed by atoms with Crippen molar-refractivity contribution in [3.8, 4) is 21.6 Å². The van der Waals surface area contributed by atoms with Crippen molar-refractivity contribution in [1.29, 1.82) is 0 Å². The molecule has 0 radical (unpaired) electrons. The van der Waals surface area contributed by atoms with Gasteiger partial charge < -0.3 is 5.73 Å². The third-order valence-corrected chi connectivity index (χ3v) is 4.53. The van der Waals surface area contributed by atoms with Gasteiger partial charge in [0, 0.05) is 28.3 Å². The summed E-state index contributed by atoms with van der Waals surface area (Å²) in [5, 5.41) is 10.7. The molecule has 1 heterocycles. The van der Waals surface area contributed by atoms with Gasteiger partial charge in [0.05, 0.1) is 9.80 Å². The average molecular weight is 324 g/mol. The minimum Gasteiger partial charge on any atom is -0.398 e.